The van der Waals surface area contributed by atoms with Crippen LogP contribution in [0.15, 0.2) is 29.2 Å². The summed E-state index contributed by atoms with van der Waals surface area (Å²) in [6.07, 6.45) is 2.61. The van der Waals surface area contributed by atoms with Gasteiger partial charge < -0.3 is 23.8 Å². The monoisotopic (exact) mass is 530 g/mol. The van der Waals surface area contributed by atoms with Crippen LogP contribution in [-0.4, -0.2) is 66.5 Å². The molecule has 8 nitrogen and oxygen atoms in total. The van der Waals surface area contributed by atoms with Crippen molar-refractivity contribution < 1.29 is 14.2 Å². The van der Waals surface area contributed by atoms with Crippen LogP contribution in [0.2, 0.25) is 10.0 Å². The van der Waals surface area contributed by atoms with Gasteiger partial charge in [-0.3, -0.25) is 9.69 Å². The third kappa shape index (κ3) is 4.32. The van der Waals surface area contributed by atoms with Crippen LogP contribution in [0.25, 0.3) is 33.1 Å². The van der Waals surface area contributed by atoms with E-state index in [4.69, 9.17) is 37.4 Å². The van der Waals surface area contributed by atoms with E-state index in [2.05, 4.69) is 27.9 Å². The molecule has 3 aromatic heterocycles. The number of pyridine rings is 2. The Kier molecular flexibility index (Phi) is 7.12. The van der Waals surface area contributed by atoms with Gasteiger partial charge >= 0.3 is 0 Å². The van der Waals surface area contributed by atoms with Crippen molar-refractivity contribution in [1.29, 1.82) is 0 Å². The predicted octanol–water partition coefficient (Wildman–Crippen LogP) is 4.76. The average Bonchev–Trinajstić information content (AvgIpc) is 3.33. The van der Waals surface area contributed by atoms with E-state index < -0.39 is 0 Å². The third-order valence-electron chi connectivity index (χ3n) is 6.73. The molecule has 0 atom stereocenters. The molecule has 0 saturated carbocycles. The Balaban J connectivity index is 1.77. The summed E-state index contributed by atoms with van der Waals surface area (Å²) in [5, 5.41) is 2.23. The zero-order chi connectivity index (χ0) is 25.4. The molecule has 1 saturated heterocycles. The molecule has 0 unspecified atom stereocenters. The Bertz CT molecular complexity index is 1460. The average molecular weight is 531 g/mol. The molecule has 1 aromatic carbocycles. The first-order chi connectivity index (χ1) is 17.5. The van der Waals surface area contributed by atoms with Crippen LogP contribution < -0.4 is 15.0 Å². The molecule has 1 aliphatic rings. The number of aryl methyl sites for hydroxylation is 1. The zero-order valence-electron chi connectivity index (χ0n) is 20.5. The van der Waals surface area contributed by atoms with E-state index in [1.807, 2.05) is 4.57 Å². The standard InChI is InChI=1S/C26H28Cl2N4O4/c1-4-16-12-18-24-15(14-29-25(18)30-16)11-17(21-22(27)19(34-2)13-20(35-3)23(21)28)26(33)32(24)6-5-31-7-9-36-10-8-31/h11-14H,4-10H2,1-3H3,(H,29,30). The van der Waals surface area contributed by atoms with E-state index in [0.717, 1.165) is 47.1 Å². The van der Waals surface area contributed by atoms with E-state index in [0.29, 0.717) is 48.9 Å². The Morgan fingerprint density at radius 2 is 1.75 bits per heavy atom. The minimum Gasteiger partial charge on any atom is -0.495 e. The molecule has 1 fully saturated rings. The fraction of sp³-hybridized carbons (Fsp3) is 0.385. The second kappa shape index (κ2) is 10.3. The number of aromatic nitrogens is 3. The summed E-state index contributed by atoms with van der Waals surface area (Å²) in [5.74, 6) is 0.748. The summed E-state index contributed by atoms with van der Waals surface area (Å²) in [4.78, 5) is 24.5. The summed E-state index contributed by atoms with van der Waals surface area (Å²) >= 11 is 13.4. The van der Waals surface area contributed by atoms with Crippen molar-refractivity contribution in [3.05, 3.63) is 50.5 Å². The van der Waals surface area contributed by atoms with Gasteiger partial charge in [0, 0.05) is 60.5 Å². The minimum atomic E-state index is -0.193. The van der Waals surface area contributed by atoms with Crippen LogP contribution in [-0.2, 0) is 17.7 Å². The van der Waals surface area contributed by atoms with Crippen LogP contribution in [0.4, 0.5) is 0 Å². The van der Waals surface area contributed by atoms with Crippen molar-refractivity contribution in [1.82, 2.24) is 19.4 Å². The molecule has 4 heterocycles. The van der Waals surface area contributed by atoms with E-state index in [9.17, 15) is 4.79 Å². The molecule has 1 aliphatic heterocycles. The summed E-state index contributed by atoms with van der Waals surface area (Å²) < 4.78 is 18.2. The van der Waals surface area contributed by atoms with Gasteiger partial charge in [0.2, 0.25) is 0 Å². The zero-order valence-corrected chi connectivity index (χ0v) is 22.0. The smallest absolute Gasteiger partial charge is 0.259 e. The molecule has 10 heteroatoms. The molecule has 0 spiro atoms. The molecule has 0 aliphatic carbocycles. The number of hydrogen-bond donors (Lipinski definition) is 1. The lowest BCUT2D eigenvalue weighted by atomic mass is 10.0. The lowest BCUT2D eigenvalue weighted by Gasteiger charge is -2.27. The number of nitrogens with one attached hydrogen (secondary N) is 1. The normalized spacial score (nSPS) is 14.6. The number of morpholine rings is 1. The molecular formula is C26H28Cl2N4O4. The summed E-state index contributed by atoms with van der Waals surface area (Å²) in [6, 6.07) is 5.49. The number of hydrogen-bond acceptors (Lipinski definition) is 6. The summed E-state index contributed by atoms with van der Waals surface area (Å²) in [7, 11) is 3.02. The van der Waals surface area contributed by atoms with Gasteiger partial charge in [0.15, 0.2) is 0 Å². The molecule has 5 rings (SSSR count). The largest absolute Gasteiger partial charge is 0.495 e. The van der Waals surface area contributed by atoms with Gasteiger partial charge in [0.05, 0.1) is 48.6 Å². The predicted molar refractivity (Wildman–Crippen MR) is 143 cm³/mol. The number of rotatable bonds is 7. The maximum absolute atomic E-state index is 14.2. The molecule has 0 amide bonds. The number of nitrogens with zero attached hydrogens (tertiary/aromatic N) is 3. The van der Waals surface area contributed by atoms with E-state index in [-0.39, 0.29) is 15.6 Å². The Morgan fingerprint density at radius 3 is 2.39 bits per heavy atom. The highest BCUT2D eigenvalue weighted by Crippen LogP contribution is 2.45. The third-order valence-corrected chi connectivity index (χ3v) is 7.48. The van der Waals surface area contributed by atoms with E-state index in [1.165, 1.54) is 14.2 Å². The van der Waals surface area contributed by atoms with Crippen LogP contribution in [0.1, 0.15) is 12.6 Å². The highest BCUT2D eigenvalue weighted by atomic mass is 35.5. The molecule has 1 N–H and O–H groups in total. The van der Waals surface area contributed by atoms with Crippen molar-refractivity contribution in [3.8, 4) is 22.6 Å². The Hall–Kier alpha value is -2.78. The van der Waals surface area contributed by atoms with Gasteiger partial charge in [-0.25, -0.2) is 4.98 Å². The van der Waals surface area contributed by atoms with E-state index >= 15 is 0 Å². The van der Waals surface area contributed by atoms with Gasteiger partial charge in [-0.05, 0) is 18.6 Å². The number of ether oxygens (including phenoxy) is 3. The lowest BCUT2D eigenvalue weighted by molar-refractivity contribution is 0.0364. The topological polar surface area (TPSA) is 81.6 Å². The van der Waals surface area contributed by atoms with Crippen LogP contribution in [0.5, 0.6) is 11.5 Å². The first-order valence-corrected chi connectivity index (χ1v) is 12.7. The van der Waals surface area contributed by atoms with Crippen LogP contribution in [0.3, 0.4) is 0 Å². The van der Waals surface area contributed by atoms with Crippen molar-refractivity contribution >= 4 is 45.1 Å². The van der Waals surface area contributed by atoms with Crippen LogP contribution >= 0.6 is 23.2 Å². The molecule has 0 bridgehead atoms. The lowest BCUT2D eigenvalue weighted by Crippen LogP contribution is -2.39. The molecular weight excluding hydrogens is 503 g/mol. The fourth-order valence-corrected chi connectivity index (χ4v) is 5.48. The second-order valence-electron chi connectivity index (χ2n) is 8.73. The number of methoxy groups -OCH3 is 2. The maximum Gasteiger partial charge on any atom is 0.259 e. The first-order valence-electron chi connectivity index (χ1n) is 11.9. The number of halogens is 2. The highest BCUT2D eigenvalue weighted by Gasteiger charge is 2.24. The van der Waals surface area contributed by atoms with Crippen LogP contribution in [0, 0.1) is 0 Å². The molecule has 36 heavy (non-hydrogen) atoms. The van der Waals surface area contributed by atoms with Crippen molar-refractivity contribution in [2.75, 3.05) is 47.1 Å². The SMILES string of the molecule is CCc1cc2c(ncc3cc(-c4c(Cl)c(OC)cc(OC)c4Cl)c(=O)n(CCN4CCOCC4)c32)[nH]1. The van der Waals surface area contributed by atoms with Gasteiger partial charge in [0.25, 0.3) is 5.56 Å². The van der Waals surface area contributed by atoms with Gasteiger partial charge in [0.1, 0.15) is 17.1 Å². The fourth-order valence-electron chi connectivity index (χ4n) is 4.77. The second-order valence-corrected chi connectivity index (χ2v) is 9.48. The number of H-pyrrole nitrogens is 1. The molecule has 0 radical (unpaired) electrons. The van der Waals surface area contributed by atoms with Crippen molar-refractivity contribution in [2.45, 2.75) is 19.9 Å². The minimum absolute atomic E-state index is 0.193. The Labute approximate surface area is 218 Å². The summed E-state index contributed by atoms with van der Waals surface area (Å²) in [6.45, 7) is 6.32. The molecule has 4 aromatic rings. The van der Waals surface area contributed by atoms with Gasteiger partial charge in [-0.15, -0.1) is 0 Å². The van der Waals surface area contributed by atoms with Gasteiger partial charge in [-0.2, -0.15) is 0 Å². The van der Waals surface area contributed by atoms with Gasteiger partial charge in [-0.1, -0.05) is 30.1 Å². The number of benzene rings is 1. The van der Waals surface area contributed by atoms with E-state index in [1.54, 1.807) is 18.3 Å². The quantitative estimate of drug-likeness (QED) is 0.370. The highest BCUT2D eigenvalue weighted by molar-refractivity contribution is 6.41. The van der Waals surface area contributed by atoms with Crippen molar-refractivity contribution in [3.63, 3.8) is 0 Å². The maximum atomic E-state index is 14.2. The number of aromatic amines is 1. The number of fused-ring (bicyclic) bond motifs is 3. The van der Waals surface area contributed by atoms with Crippen molar-refractivity contribution in [2.24, 2.45) is 0 Å². The first kappa shape index (κ1) is 24.9. The summed E-state index contributed by atoms with van der Waals surface area (Å²) in [5.41, 5.74) is 3.20. The molecule has 190 valence electrons. The Morgan fingerprint density at radius 1 is 1.06 bits per heavy atom.